The molecule has 1 amide bonds. The summed E-state index contributed by atoms with van der Waals surface area (Å²) in [5, 5.41) is 10.6. The predicted octanol–water partition coefficient (Wildman–Crippen LogP) is 2.88. The summed E-state index contributed by atoms with van der Waals surface area (Å²) in [6.07, 6.45) is 5.91. The smallest absolute Gasteiger partial charge is 0.242 e. The molecule has 1 aromatic rings. The second-order valence-corrected chi connectivity index (χ2v) is 7.48. The number of nitrogens with one attached hydrogen (secondary N) is 3. The first-order valence-electron chi connectivity index (χ1n) is 8.83. The van der Waals surface area contributed by atoms with E-state index in [1.54, 1.807) is 11.3 Å². The number of nitrogens with zero attached hydrogens (tertiary/aromatic N) is 2. The number of rotatable bonds is 6. The van der Waals surface area contributed by atoms with Gasteiger partial charge in [0.15, 0.2) is 5.96 Å². The summed E-state index contributed by atoms with van der Waals surface area (Å²) in [5.41, 5.74) is 1.05. The lowest BCUT2D eigenvalue weighted by molar-refractivity contribution is -0.120. The maximum absolute atomic E-state index is 12.1. The first-order valence-corrected chi connectivity index (χ1v) is 9.64. The highest BCUT2D eigenvalue weighted by atomic mass is 127. The standard InChI is InChI=1S/C17H29N5OS.HI/c1-4-18-17(19-10-15-12(2)21-13(3)24-15)20-11-16(23)22-14-8-6-5-7-9-14;/h14H,4-11H2,1-3H3,(H,22,23)(H2,18,19,20);1H. The van der Waals surface area contributed by atoms with E-state index in [1.807, 2.05) is 20.8 Å². The van der Waals surface area contributed by atoms with Crippen molar-refractivity contribution in [2.45, 2.75) is 65.5 Å². The van der Waals surface area contributed by atoms with Crippen LogP contribution in [0.15, 0.2) is 4.99 Å². The molecular weight excluding hydrogens is 449 g/mol. The van der Waals surface area contributed by atoms with Crippen molar-refractivity contribution in [1.82, 2.24) is 20.9 Å². The molecule has 0 aliphatic heterocycles. The molecule has 1 saturated carbocycles. The fraction of sp³-hybridized carbons (Fsp3) is 0.706. The van der Waals surface area contributed by atoms with Crippen LogP contribution in [-0.2, 0) is 11.3 Å². The van der Waals surface area contributed by atoms with Crippen molar-refractivity contribution in [3.63, 3.8) is 0 Å². The molecule has 6 nitrogen and oxygen atoms in total. The Morgan fingerprint density at radius 1 is 1.24 bits per heavy atom. The van der Waals surface area contributed by atoms with Gasteiger partial charge in [0, 0.05) is 17.5 Å². The van der Waals surface area contributed by atoms with Gasteiger partial charge in [-0.3, -0.25) is 4.79 Å². The molecule has 3 N–H and O–H groups in total. The molecule has 1 fully saturated rings. The number of aliphatic imine (C=N–C) groups is 1. The Kier molecular flexibility index (Phi) is 10.3. The summed E-state index contributed by atoms with van der Waals surface area (Å²) in [4.78, 5) is 22.1. The SMILES string of the molecule is CCNC(=NCC(=O)NC1CCCCC1)NCc1sc(C)nc1C.I. The first-order chi connectivity index (χ1) is 11.6. The summed E-state index contributed by atoms with van der Waals surface area (Å²) < 4.78 is 0. The topological polar surface area (TPSA) is 78.4 Å². The largest absolute Gasteiger partial charge is 0.357 e. The fourth-order valence-corrected chi connectivity index (χ4v) is 3.79. The molecule has 142 valence electrons. The van der Waals surface area contributed by atoms with Gasteiger partial charge in [-0.1, -0.05) is 19.3 Å². The Morgan fingerprint density at radius 3 is 2.56 bits per heavy atom. The third kappa shape index (κ3) is 7.89. The van der Waals surface area contributed by atoms with Crippen molar-refractivity contribution in [2.24, 2.45) is 4.99 Å². The molecule has 25 heavy (non-hydrogen) atoms. The van der Waals surface area contributed by atoms with Crippen LogP contribution in [0.5, 0.6) is 0 Å². The molecule has 0 unspecified atom stereocenters. The monoisotopic (exact) mass is 479 g/mol. The van der Waals surface area contributed by atoms with E-state index >= 15 is 0 Å². The Balaban J connectivity index is 0.00000312. The minimum Gasteiger partial charge on any atom is -0.357 e. The van der Waals surface area contributed by atoms with Crippen molar-refractivity contribution in [1.29, 1.82) is 0 Å². The maximum atomic E-state index is 12.1. The lowest BCUT2D eigenvalue weighted by Gasteiger charge is -2.22. The Labute approximate surface area is 171 Å². The third-order valence-corrected chi connectivity index (χ3v) is 5.18. The lowest BCUT2D eigenvalue weighted by Crippen LogP contribution is -2.40. The maximum Gasteiger partial charge on any atom is 0.242 e. The van der Waals surface area contributed by atoms with Gasteiger partial charge >= 0.3 is 0 Å². The summed E-state index contributed by atoms with van der Waals surface area (Å²) in [6, 6.07) is 0.333. The minimum atomic E-state index is 0. The van der Waals surface area contributed by atoms with Crippen LogP contribution in [0, 0.1) is 13.8 Å². The van der Waals surface area contributed by atoms with Crippen LogP contribution >= 0.6 is 35.3 Å². The quantitative estimate of drug-likeness (QED) is 0.333. The minimum absolute atomic E-state index is 0. The van der Waals surface area contributed by atoms with Gasteiger partial charge in [0.05, 0.1) is 17.2 Å². The Morgan fingerprint density at radius 2 is 1.96 bits per heavy atom. The van der Waals surface area contributed by atoms with Crippen LogP contribution < -0.4 is 16.0 Å². The van der Waals surface area contributed by atoms with Gasteiger partial charge in [0.1, 0.15) is 6.54 Å². The average molecular weight is 479 g/mol. The van der Waals surface area contributed by atoms with Crippen molar-refractivity contribution in [2.75, 3.05) is 13.1 Å². The zero-order valence-electron chi connectivity index (χ0n) is 15.4. The number of halogens is 1. The van der Waals surface area contributed by atoms with Crippen molar-refractivity contribution >= 4 is 47.2 Å². The second-order valence-electron chi connectivity index (χ2n) is 6.19. The van der Waals surface area contributed by atoms with Crippen LogP contribution in [0.4, 0.5) is 0 Å². The molecule has 0 saturated heterocycles. The molecule has 0 radical (unpaired) electrons. The van der Waals surface area contributed by atoms with Crippen molar-refractivity contribution in [3.8, 4) is 0 Å². The van der Waals surface area contributed by atoms with Gasteiger partial charge in [-0.15, -0.1) is 35.3 Å². The number of carbonyl (C=O) groups is 1. The number of amides is 1. The molecular formula is C17H30IN5OS. The zero-order valence-corrected chi connectivity index (χ0v) is 18.5. The van der Waals surface area contributed by atoms with E-state index in [9.17, 15) is 4.79 Å². The number of aromatic nitrogens is 1. The summed E-state index contributed by atoms with van der Waals surface area (Å²) >= 11 is 1.69. The molecule has 8 heteroatoms. The molecule has 0 atom stereocenters. The highest BCUT2D eigenvalue weighted by Gasteiger charge is 2.15. The summed E-state index contributed by atoms with van der Waals surface area (Å²) in [5.74, 6) is 0.672. The van der Waals surface area contributed by atoms with E-state index in [2.05, 4.69) is 25.9 Å². The van der Waals surface area contributed by atoms with Crippen LogP contribution in [0.2, 0.25) is 0 Å². The Hall–Kier alpha value is -0.900. The number of carbonyl (C=O) groups excluding carboxylic acids is 1. The molecule has 1 heterocycles. The number of hydrogen-bond donors (Lipinski definition) is 3. The second kappa shape index (κ2) is 11.7. The van der Waals surface area contributed by atoms with Crippen LogP contribution in [0.1, 0.15) is 54.6 Å². The van der Waals surface area contributed by atoms with Crippen LogP contribution in [0.3, 0.4) is 0 Å². The molecule has 0 spiro atoms. The van der Waals surface area contributed by atoms with Gasteiger partial charge in [-0.05, 0) is 33.6 Å². The van der Waals surface area contributed by atoms with E-state index < -0.39 is 0 Å². The van der Waals surface area contributed by atoms with E-state index in [0.717, 1.165) is 30.1 Å². The van der Waals surface area contributed by atoms with E-state index in [4.69, 9.17) is 0 Å². The summed E-state index contributed by atoms with van der Waals surface area (Å²) in [6.45, 7) is 7.64. The van der Waals surface area contributed by atoms with E-state index in [-0.39, 0.29) is 36.4 Å². The lowest BCUT2D eigenvalue weighted by atomic mass is 9.95. The molecule has 1 aliphatic rings. The van der Waals surface area contributed by atoms with Crippen molar-refractivity contribution < 1.29 is 4.79 Å². The molecule has 1 aromatic heterocycles. The molecule has 1 aliphatic carbocycles. The Bertz CT molecular complexity index is 569. The van der Waals surface area contributed by atoms with Crippen LogP contribution in [0.25, 0.3) is 0 Å². The number of guanidine groups is 1. The number of thiazole rings is 1. The molecule has 2 rings (SSSR count). The highest BCUT2D eigenvalue weighted by molar-refractivity contribution is 14.0. The first kappa shape index (κ1) is 22.1. The normalized spacial score (nSPS) is 15.4. The number of hydrogen-bond acceptors (Lipinski definition) is 4. The van der Waals surface area contributed by atoms with Gasteiger partial charge in [0.2, 0.25) is 5.91 Å². The van der Waals surface area contributed by atoms with E-state index in [0.29, 0.717) is 18.5 Å². The third-order valence-electron chi connectivity index (χ3n) is 4.11. The van der Waals surface area contributed by atoms with E-state index in [1.165, 1.54) is 24.1 Å². The van der Waals surface area contributed by atoms with Gasteiger partial charge in [-0.25, -0.2) is 9.98 Å². The fourth-order valence-electron chi connectivity index (χ4n) is 2.91. The van der Waals surface area contributed by atoms with Crippen LogP contribution in [-0.4, -0.2) is 36.0 Å². The number of aryl methyl sites for hydroxylation is 2. The molecule has 0 aromatic carbocycles. The summed E-state index contributed by atoms with van der Waals surface area (Å²) in [7, 11) is 0. The highest BCUT2D eigenvalue weighted by Crippen LogP contribution is 2.17. The van der Waals surface area contributed by atoms with Gasteiger partial charge in [0.25, 0.3) is 0 Å². The predicted molar refractivity (Wildman–Crippen MR) is 115 cm³/mol. The van der Waals surface area contributed by atoms with Gasteiger partial charge < -0.3 is 16.0 Å². The average Bonchev–Trinajstić information content (AvgIpc) is 2.88. The van der Waals surface area contributed by atoms with Crippen molar-refractivity contribution in [3.05, 3.63) is 15.6 Å². The van der Waals surface area contributed by atoms with Gasteiger partial charge in [-0.2, -0.15) is 0 Å². The molecule has 0 bridgehead atoms. The zero-order chi connectivity index (χ0) is 17.4.